The van der Waals surface area contributed by atoms with Crippen molar-refractivity contribution < 1.29 is 22.4 Å². The van der Waals surface area contributed by atoms with Crippen molar-refractivity contribution in [2.45, 2.75) is 38.8 Å². The minimum absolute atomic E-state index is 0.0187. The summed E-state index contributed by atoms with van der Waals surface area (Å²) in [5.74, 6) is -1.90. The lowest BCUT2D eigenvalue weighted by Crippen LogP contribution is -2.45. The third kappa shape index (κ3) is 3.49. The number of benzene rings is 1. The lowest BCUT2D eigenvalue weighted by molar-refractivity contribution is -0.186. The highest BCUT2D eigenvalue weighted by molar-refractivity contribution is 5.84. The van der Waals surface area contributed by atoms with Crippen LogP contribution in [-0.2, 0) is 4.79 Å². The van der Waals surface area contributed by atoms with Gasteiger partial charge in [0.05, 0.1) is 23.2 Å². The fraction of sp³-hybridized carbons (Fsp3) is 0.458. The van der Waals surface area contributed by atoms with Crippen molar-refractivity contribution in [2.24, 2.45) is 17.8 Å². The molecule has 0 unspecified atom stereocenters. The van der Waals surface area contributed by atoms with E-state index in [1.165, 1.54) is 12.1 Å². The Labute approximate surface area is 184 Å². The molecule has 0 radical (unpaired) electrons. The van der Waals surface area contributed by atoms with Crippen molar-refractivity contribution in [1.82, 2.24) is 10.3 Å². The maximum Gasteiger partial charge on any atom is 0.391 e. The molecular formula is C24H25F4N3O. The van der Waals surface area contributed by atoms with E-state index in [4.69, 9.17) is 0 Å². The molecule has 1 fully saturated rings. The first-order valence-corrected chi connectivity index (χ1v) is 11.1. The summed E-state index contributed by atoms with van der Waals surface area (Å²) in [5, 5.41) is 1.91. The quantitative estimate of drug-likeness (QED) is 0.643. The van der Waals surface area contributed by atoms with Gasteiger partial charge in [-0.1, -0.05) is 6.92 Å². The van der Waals surface area contributed by atoms with E-state index in [2.05, 4.69) is 18.4 Å². The van der Waals surface area contributed by atoms with Gasteiger partial charge in [-0.2, -0.15) is 13.2 Å². The van der Waals surface area contributed by atoms with Gasteiger partial charge < -0.3 is 10.3 Å². The Morgan fingerprint density at radius 2 is 1.78 bits per heavy atom. The molecule has 2 atom stereocenters. The van der Waals surface area contributed by atoms with Crippen LogP contribution < -0.4 is 10.4 Å². The number of alkyl halides is 3. The molecule has 0 aromatic heterocycles. The SMILES string of the molecule is C[C@H]1C2=CNN(c3ccc(F)cc3)C2=CC2=C1[C@@H](C(=O)N1CCC(C(F)(F)F)CC1)CC2. The number of fused-ring (bicyclic) bond motifs is 1. The molecule has 5 rings (SSSR count). The summed E-state index contributed by atoms with van der Waals surface area (Å²) in [6.07, 6.45) is 1.24. The number of halogens is 4. The number of hydrogen-bond acceptors (Lipinski definition) is 3. The molecule has 1 amide bonds. The van der Waals surface area contributed by atoms with Crippen molar-refractivity contribution in [3.8, 4) is 0 Å². The summed E-state index contributed by atoms with van der Waals surface area (Å²) in [7, 11) is 0. The van der Waals surface area contributed by atoms with Gasteiger partial charge >= 0.3 is 6.18 Å². The van der Waals surface area contributed by atoms with Crippen molar-refractivity contribution in [3.63, 3.8) is 0 Å². The van der Waals surface area contributed by atoms with E-state index in [0.29, 0.717) is 6.42 Å². The van der Waals surface area contributed by atoms with Gasteiger partial charge in [0.2, 0.25) is 5.91 Å². The van der Waals surface area contributed by atoms with Crippen LogP contribution in [0, 0.1) is 23.6 Å². The summed E-state index contributed by atoms with van der Waals surface area (Å²) in [4.78, 5) is 14.9. The Morgan fingerprint density at radius 1 is 1.09 bits per heavy atom. The molecule has 2 heterocycles. The maximum absolute atomic E-state index is 13.3. The van der Waals surface area contributed by atoms with Crippen molar-refractivity contribution in [3.05, 3.63) is 64.8 Å². The summed E-state index contributed by atoms with van der Waals surface area (Å²) >= 11 is 0. The normalized spacial score (nSPS) is 25.9. The molecular weight excluding hydrogens is 422 g/mol. The molecule has 1 aromatic rings. The topological polar surface area (TPSA) is 35.6 Å². The van der Waals surface area contributed by atoms with Gasteiger partial charge in [0.15, 0.2) is 0 Å². The van der Waals surface area contributed by atoms with Gasteiger partial charge in [-0.05, 0) is 67.2 Å². The molecule has 8 heteroatoms. The van der Waals surface area contributed by atoms with Crippen LogP contribution in [0.3, 0.4) is 0 Å². The minimum atomic E-state index is -4.18. The first kappa shape index (κ1) is 21.1. The highest BCUT2D eigenvalue weighted by atomic mass is 19.4. The molecule has 4 nitrogen and oxygen atoms in total. The van der Waals surface area contributed by atoms with Crippen LogP contribution in [0.4, 0.5) is 23.2 Å². The molecule has 0 saturated carbocycles. The van der Waals surface area contributed by atoms with E-state index in [9.17, 15) is 22.4 Å². The second-order valence-corrected chi connectivity index (χ2v) is 9.00. The van der Waals surface area contributed by atoms with Crippen LogP contribution in [-0.4, -0.2) is 30.1 Å². The van der Waals surface area contributed by atoms with Gasteiger partial charge in [0, 0.05) is 30.8 Å². The number of nitrogens with one attached hydrogen (secondary N) is 1. The van der Waals surface area contributed by atoms with Crippen molar-refractivity contribution >= 4 is 11.6 Å². The minimum Gasteiger partial charge on any atom is -0.342 e. The number of carbonyl (C=O) groups is 1. The molecule has 0 spiro atoms. The molecule has 1 aromatic carbocycles. The zero-order valence-corrected chi connectivity index (χ0v) is 17.8. The van der Waals surface area contributed by atoms with Gasteiger partial charge in [-0.15, -0.1) is 0 Å². The summed E-state index contributed by atoms with van der Waals surface area (Å²) in [6.45, 7) is 2.41. The lowest BCUT2D eigenvalue weighted by Gasteiger charge is -2.36. The van der Waals surface area contributed by atoms with E-state index in [0.717, 1.165) is 34.5 Å². The third-order valence-corrected chi connectivity index (χ3v) is 7.23. The van der Waals surface area contributed by atoms with Crippen LogP contribution in [0.5, 0.6) is 0 Å². The first-order valence-electron chi connectivity index (χ1n) is 11.1. The fourth-order valence-corrected chi connectivity index (χ4v) is 5.50. The molecule has 1 saturated heterocycles. The molecule has 0 bridgehead atoms. The Bertz CT molecular complexity index is 1020. The van der Waals surface area contributed by atoms with Crippen LogP contribution in [0.1, 0.15) is 32.6 Å². The second kappa shape index (κ2) is 7.67. The predicted octanol–water partition coefficient (Wildman–Crippen LogP) is 5.08. The molecule has 4 aliphatic rings. The first-order chi connectivity index (χ1) is 15.2. The lowest BCUT2D eigenvalue weighted by atomic mass is 9.80. The number of amides is 1. The number of nitrogens with zero attached hydrogens (tertiary/aromatic N) is 2. The second-order valence-electron chi connectivity index (χ2n) is 9.00. The van der Waals surface area contributed by atoms with E-state index in [-0.39, 0.29) is 49.5 Å². The van der Waals surface area contributed by atoms with Crippen molar-refractivity contribution in [1.29, 1.82) is 0 Å². The molecule has 32 heavy (non-hydrogen) atoms. The smallest absolute Gasteiger partial charge is 0.342 e. The van der Waals surface area contributed by atoms with Crippen LogP contribution >= 0.6 is 0 Å². The van der Waals surface area contributed by atoms with E-state index in [1.807, 2.05) is 11.2 Å². The molecule has 1 N–H and O–H groups in total. The zero-order valence-electron chi connectivity index (χ0n) is 17.8. The summed E-state index contributed by atoms with van der Waals surface area (Å²) in [6, 6.07) is 6.25. The van der Waals surface area contributed by atoms with Crippen LogP contribution in [0.2, 0.25) is 0 Å². The summed E-state index contributed by atoms with van der Waals surface area (Å²) in [5.41, 5.74) is 8.31. The number of carbonyl (C=O) groups excluding carboxylic acids is 1. The molecule has 2 aliphatic carbocycles. The van der Waals surface area contributed by atoms with E-state index >= 15 is 0 Å². The van der Waals surface area contributed by atoms with Gasteiger partial charge in [0.1, 0.15) is 5.82 Å². The third-order valence-electron chi connectivity index (χ3n) is 7.23. The zero-order chi connectivity index (χ0) is 22.6. The Kier molecular flexibility index (Phi) is 5.06. The predicted molar refractivity (Wildman–Crippen MR) is 112 cm³/mol. The standard InChI is InChI=1S/C24H25F4N3O/c1-14-20-13-29-31(18-5-3-17(25)4-6-18)21(20)12-15-2-7-19(22(14)15)23(32)30-10-8-16(9-11-30)24(26,27)28/h3-6,12-14,16,19,29H,2,7-11H2,1H3/t14-,19-/m0/s1. The fourth-order valence-electron chi connectivity index (χ4n) is 5.50. The van der Waals surface area contributed by atoms with Gasteiger partial charge in [0.25, 0.3) is 0 Å². The number of rotatable bonds is 2. The van der Waals surface area contributed by atoms with E-state index < -0.39 is 12.1 Å². The highest BCUT2D eigenvalue weighted by Gasteiger charge is 2.45. The van der Waals surface area contributed by atoms with Crippen LogP contribution in [0.25, 0.3) is 0 Å². The van der Waals surface area contributed by atoms with Crippen molar-refractivity contribution in [2.75, 3.05) is 18.1 Å². The monoisotopic (exact) mass is 447 g/mol. The maximum atomic E-state index is 13.3. The molecule has 2 aliphatic heterocycles. The largest absolute Gasteiger partial charge is 0.391 e. The number of hydrogen-bond donors (Lipinski definition) is 1. The number of hydrazine groups is 1. The number of piperidine rings is 1. The summed E-state index contributed by atoms with van der Waals surface area (Å²) < 4.78 is 52.3. The Morgan fingerprint density at radius 3 is 2.44 bits per heavy atom. The van der Waals surface area contributed by atoms with Gasteiger partial charge in [-0.3, -0.25) is 9.80 Å². The number of likely N-dealkylation sites (tertiary alicyclic amines) is 1. The van der Waals surface area contributed by atoms with Gasteiger partial charge in [-0.25, -0.2) is 4.39 Å². The highest BCUT2D eigenvalue weighted by Crippen LogP contribution is 2.48. The average molecular weight is 447 g/mol. The Balaban J connectivity index is 1.36. The van der Waals surface area contributed by atoms with E-state index in [1.54, 1.807) is 17.0 Å². The Hall–Kier alpha value is -2.77. The van der Waals surface area contributed by atoms with Crippen LogP contribution in [0.15, 0.2) is 59.0 Å². The number of allylic oxidation sites excluding steroid dienone is 3. The number of anilines is 1. The molecule has 170 valence electrons. The average Bonchev–Trinajstić information content (AvgIpc) is 3.38.